The first kappa shape index (κ1) is 22.3. The molecule has 2 heterocycles. The number of aromatic nitrogens is 3. The van der Waals surface area contributed by atoms with Crippen molar-refractivity contribution in [1.82, 2.24) is 14.8 Å². The normalized spacial score (nSPS) is 15.7. The standard InChI is InChI=1S/C23H23IN4O4/c1-23(2,3)32-22(29)28-17-9-8-15(11-16(17)20(24)27-28)31-18-7-5-6-13-10-14(12-25)21(30-4)26-19(13)18/h8-11,18H,5-7H2,1-4H3. The van der Waals surface area contributed by atoms with Crippen LogP contribution in [0.5, 0.6) is 11.6 Å². The molecule has 0 radical (unpaired) electrons. The van der Waals surface area contributed by atoms with Crippen molar-refractivity contribution in [1.29, 1.82) is 5.26 Å². The summed E-state index contributed by atoms with van der Waals surface area (Å²) >= 11 is 2.10. The predicted octanol–water partition coefficient (Wildman–Crippen LogP) is 5.16. The van der Waals surface area contributed by atoms with Gasteiger partial charge in [0.2, 0.25) is 5.88 Å². The number of carbonyl (C=O) groups is 1. The highest BCUT2D eigenvalue weighted by atomic mass is 127. The smallest absolute Gasteiger partial charge is 0.435 e. The van der Waals surface area contributed by atoms with Gasteiger partial charge in [-0.2, -0.15) is 15.0 Å². The van der Waals surface area contributed by atoms with Gasteiger partial charge < -0.3 is 14.2 Å². The molecule has 1 aromatic carbocycles. The number of hydrogen-bond donors (Lipinski definition) is 0. The molecule has 3 aromatic rings. The van der Waals surface area contributed by atoms with Crippen LogP contribution >= 0.6 is 22.6 Å². The molecule has 0 saturated heterocycles. The number of fused-ring (bicyclic) bond motifs is 2. The Hall–Kier alpha value is -2.87. The monoisotopic (exact) mass is 546 g/mol. The third kappa shape index (κ3) is 4.37. The Morgan fingerprint density at radius 3 is 2.78 bits per heavy atom. The molecule has 9 heteroatoms. The fraction of sp³-hybridized carbons (Fsp3) is 0.391. The van der Waals surface area contributed by atoms with Gasteiger partial charge in [-0.05, 0) is 92.5 Å². The molecular formula is C23H23IN4O4. The van der Waals surface area contributed by atoms with E-state index in [9.17, 15) is 10.1 Å². The van der Waals surface area contributed by atoms with Crippen LogP contribution in [0.25, 0.3) is 10.9 Å². The molecule has 166 valence electrons. The predicted molar refractivity (Wildman–Crippen MR) is 126 cm³/mol. The Labute approximate surface area is 199 Å². The van der Waals surface area contributed by atoms with Crippen LogP contribution in [-0.4, -0.2) is 33.6 Å². The first-order valence-corrected chi connectivity index (χ1v) is 11.3. The summed E-state index contributed by atoms with van der Waals surface area (Å²) in [6, 6.07) is 9.47. The van der Waals surface area contributed by atoms with Gasteiger partial charge >= 0.3 is 6.09 Å². The second-order valence-electron chi connectivity index (χ2n) is 8.56. The number of nitriles is 1. The van der Waals surface area contributed by atoms with E-state index in [0.29, 0.717) is 26.4 Å². The van der Waals surface area contributed by atoms with Crippen molar-refractivity contribution in [3.8, 4) is 17.7 Å². The van der Waals surface area contributed by atoms with Gasteiger partial charge in [0, 0.05) is 5.39 Å². The molecule has 1 atom stereocenters. The van der Waals surface area contributed by atoms with Gasteiger partial charge in [-0.1, -0.05) is 0 Å². The molecule has 0 bridgehead atoms. The molecule has 1 aliphatic carbocycles. The Balaban J connectivity index is 1.65. The first-order valence-electron chi connectivity index (χ1n) is 10.3. The molecule has 0 fully saturated rings. The molecule has 0 saturated carbocycles. The second-order valence-corrected chi connectivity index (χ2v) is 9.58. The van der Waals surface area contributed by atoms with Crippen molar-refractivity contribution in [3.05, 3.63) is 44.8 Å². The molecule has 0 spiro atoms. The van der Waals surface area contributed by atoms with Crippen LogP contribution in [0, 0.1) is 15.0 Å². The highest BCUT2D eigenvalue weighted by Gasteiger charge is 2.27. The van der Waals surface area contributed by atoms with E-state index in [1.807, 2.05) is 39.0 Å². The number of ether oxygens (including phenoxy) is 3. The largest absolute Gasteiger partial charge is 0.484 e. The Bertz CT molecular complexity index is 1240. The quantitative estimate of drug-likeness (QED) is 0.419. The second kappa shape index (κ2) is 8.58. The maximum atomic E-state index is 12.5. The molecule has 0 amide bonds. The van der Waals surface area contributed by atoms with Crippen molar-refractivity contribution in [2.24, 2.45) is 0 Å². The highest BCUT2D eigenvalue weighted by molar-refractivity contribution is 14.1. The minimum atomic E-state index is -0.613. The van der Waals surface area contributed by atoms with E-state index in [1.165, 1.54) is 11.8 Å². The molecular weight excluding hydrogens is 523 g/mol. The lowest BCUT2D eigenvalue weighted by atomic mass is 9.92. The zero-order valence-corrected chi connectivity index (χ0v) is 20.5. The number of hydrogen-bond acceptors (Lipinski definition) is 7. The van der Waals surface area contributed by atoms with Crippen molar-refractivity contribution >= 4 is 39.6 Å². The van der Waals surface area contributed by atoms with Gasteiger partial charge in [0.05, 0.1) is 18.3 Å². The lowest BCUT2D eigenvalue weighted by Crippen LogP contribution is -2.27. The minimum absolute atomic E-state index is 0.253. The van der Waals surface area contributed by atoms with Gasteiger partial charge in [-0.15, -0.1) is 0 Å². The van der Waals surface area contributed by atoms with Crippen LogP contribution in [0.2, 0.25) is 0 Å². The van der Waals surface area contributed by atoms with Crippen LogP contribution in [0.1, 0.15) is 56.5 Å². The maximum Gasteiger partial charge on any atom is 0.435 e. The molecule has 2 aromatic heterocycles. The zero-order chi connectivity index (χ0) is 23.0. The van der Waals surface area contributed by atoms with Crippen LogP contribution in [-0.2, 0) is 11.2 Å². The fourth-order valence-corrected chi connectivity index (χ4v) is 4.39. The first-order chi connectivity index (χ1) is 15.2. The van der Waals surface area contributed by atoms with Gasteiger partial charge in [-0.25, -0.2) is 9.78 Å². The van der Waals surface area contributed by atoms with E-state index in [0.717, 1.165) is 35.9 Å². The van der Waals surface area contributed by atoms with Crippen molar-refractivity contribution in [3.63, 3.8) is 0 Å². The average molecular weight is 546 g/mol. The van der Waals surface area contributed by atoms with Gasteiger partial charge in [0.25, 0.3) is 0 Å². The lowest BCUT2D eigenvalue weighted by molar-refractivity contribution is 0.0522. The third-order valence-electron chi connectivity index (χ3n) is 5.08. The minimum Gasteiger partial charge on any atom is -0.484 e. The average Bonchev–Trinajstić information content (AvgIpc) is 3.08. The van der Waals surface area contributed by atoms with Gasteiger partial charge in [0.15, 0.2) is 0 Å². The van der Waals surface area contributed by atoms with E-state index in [-0.39, 0.29) is 6.10 Å². The molecule has 0 aliphatic heterocycles. The van der Waals surface area contributed by atoms with Crippen molar-refractivity contribution in [2.45, 2.75) is 51.7 Å². The topological polar surface area (TPSA) is 99.3 Å². The van der Waals surface area contributed by atoms with Crippen LogP contribution in [0.3, 0.4) is 0 Å². The van der Waals surface area contributed by atoms with E-state index in [1.54, 1.807) is 6.07 Å². The lowest BCUT2D eigenvalue weighted by Gasteiger charge is -2.26. The van der Waals surface area contributed by atoms with Gasteiger partial charge in [-0.3, -0.25) is 0 Å². The summed E-state index contributed by atoms with van der Waals surface area (Å²) in [5.41, 5.74) is 2.27. The maximum absolute atomic E-state index is 12.5. The number of carbonyl (C=O) groups excluding carboxylic acids is 1. The Morgan fingerprint density at radius 1 is 1.31 bits per heavy atom. The number of halogens is 1. The fourth-order valence-electron chi connectivity index (χ4n) is 3.74. The Morgan fingerprint density at radius 2 is 2.09 bits per heavy atom. The molecule has 1 aliphatic rings. The van der Waals surface area contributed by atoms with E-state index >= 15 is 0 Å². The van der Waals surface area contributed by atoms with Crippen LogP contribution < -0.4 is 9.47 Å². The number of benzene rings is 1. The number of aryl methyl sites for hydroxylation is 1. The van der Waals surface area contributed by atoms with E-state index in [2.05, 4.69) is 38.7 Å². The summed E-state index contributed by atoms with van der Waals surface area (Å²) in [6.07, 6.45) is 1.82. The van der Waals surface area contributed by atoms with Crippen molar-refractivity contribution < 1.29 is 19.0 Å². The SMILES string of the molecule is COc1nc2c(cc1C#N)CCCC2Oc1ccc2c(c1)c(I)nn2C(=O)OC(C)(C)C. The number of nitrogens with zero attached hydrogens (tertiary/aromatic N) is 4. The Kier molecular flexibility index (Phi) is 5.99. The number of pyridine rings is 1. The molecule has 1 unspecified atom stereocenters. The summed E-state index contributed by atoms with van der Waals surface area (Å²) in [4.78, 5) is 17.1. The highest BCUT2D eigenvalue weighted by Crippen LogP contribution is 2.36. The van der Waals surface area contributed by atoms with Crippen LogP contribution in [0.4, 0.5) is 4.79 Å². The molecule has 8 nitrogen and oxygen atoms in total. The summed E-state index contributed by atoms with van der Waals surface area (Å²) in [5, 5.41) is 14.5. The van der Waals surface area contributed by atoms with Crippen molar-refractivity contribution in [2.75, 3.05) is 7.11 Å². The molecule has 0 N–H and O–H groups in total. The van der Waals surface area contributed by atoms with Crippen LogP contribution in [0.15, 0.2) is 24.3 Å². The molecule has 4 rings (SSSR count). The summed E-state index contributed by atoms with van der Waals surface area (Å²) in [7, 11) is 1.51. The summed E-state index contributed by atoms with van der Waals surface area (Å²) < 4.78 is 19.0. The number of methoxy groups -OCH3 is 1. The third-order valence-corrected chi connectivity index (χ3v) is 5.88. The summed E-state index contributed by atoms with van der Waals surface area (Å²) in [5.74, 6) is 0.965. The summed E-state index contributed by atoms with van der Waals surface area (Å²) in [6.45, 7) is 5.45. The number of rotatable bonds is 3. The zero-order valence-electron chi connectivity index (χ0n) is 18.3. The molecule has 32 heavy (non-hydrogen) atoms. The van der Waals surface area contributed by atoms with E-state index < -0.39 is 11.7 Å². The van der Waals surface area contributed by atoms with Gasteiger partial charge in [0.1, 0.15) is 32.8 Å². The van der Waals surface area contributed by atoms with E-state index in [4.69, 9.17) is 14.2 Å².